The van der Waals surface area contributed by atoms with Crippen molar-refractivity contribution in [3.05, 3.63) is 34.3 Å². The molecular formula is C20H26N4O2S. The molecule has 0 bridgehead atoms. The van der Waals surface area contributed by atoms with Crippen LogP contribution in [0.1, 0.15) is 48.7 Å². The zero-order valence-electron chi connectivity index (χ0n) is 16.1. The lowest BCUT2D eigenvalue weighted by atomic mass is 10.1. The van der Waals surface area contributed by atoms with E-state index in [1.165, 1.54) is 17.8 Å². The average Bonchev–Trinajstić information content (AvgIpc) is 3.21. The Morgan fingerprint density at radius 3 is 2.67 bits per heavy atom. The van der Waals surface area contributed by atoms with Gasteiger partial charge in [-0.3, -0.25) is 9.59 Å². The van der Waals surface area contributed by atoms with Gasteiger partial charge in [-0.05, 0) is 43.5 Å². The summed E-state index contributed by atoms with van der Waals surface area (Å²) in [5.41, 5.74) is 3.08. The number of hydrogen-bond acceptors (Lipinski definition) is 5. The number of aromatic nitrogens is 2. The number of anilines is 2. The standard InChI is InChI=1S/C20H26N4O2S/c1-4-5-6-7-17-22-23-20(27-17)21-19(26)15-11-18(25)24(12-15)16-9-13(2)8-14(3)10-16/h8-10,15H,4-7,11-12H2,1-3H3,(H,21,23,26). The van der Waals surface area contributed by atoms with Gasteiger partial charge in [0.1, 0.15) is 5.01 Å². The van der Waals surface area contributed by atoms with E-state index >= 15 is 0 Å². The van der Waals surface area contributed by atoms with Crippen molar-refractivity contribution < 1.29 is 9.59 Å². The number of hydrogen-bond donors (Lipinski definition) is 1. The van der Waals surface area contributed by atoms with Gasteiger partial charge in [0.05, 0.1) is 5.92 Å². The van der Waals surface area contributed by atoms with E-state index in [2.05, 4.69) is 28.5 Å². The molecule has 0 spiro atoms. The Labute approximate surface area is 164 Å². The van der Waals surface area contributed by atoms with Crippen LogP contribution in [0, 0.1) is 19.8 Å². The van der Waals surface area contributed by atoms with Gasteiger partial charge in [0.25, 0.3) is 0 Å². The molecule has 27 heavy (non-hydrogen) atoms. The fourth-order valence-corrected chi connectivity index (χ4v) is 4.16. The van der Waals surface area contributed by atoms with Crippen molar-refractivity contribution in [3.8, 4) is 0 Å². The maximum atomic E-state index is 12.6. The molecule has 1 aromatic carbocycles. The monoisotopic (exact) mass is 386 g/mol. The van der Waals surface area contributed by atoms with E-state index in [0.717, 1.165) is 41.1 Å². The molecule has 0 aliphatic carbocycles. The minimum atomic E-state index is -0.370. The van der Waals surface area contributed by atoms with E-state index < -0.39 is 0 Å². The molecule has 144 valence electrons. The van der Waals surface area contributed by atoms with Crippen molar-refractivity contribution in [2.24, 2.45) is 5.92 Å². The smallest absolute Gasteiger partial charge is 0.231 e. The number of benzene rings is 1. The van der Waals surface area contributed by atoms with Crippen LogP contribution >= 0.6 is 11.3 Å². The molecule has 1 aliphatic heterocycles. The van der Waals surface area contributed by atoms with E-state index in [1.54, 1.807) is 4.90 Å². The minimum absolute atomic E-state index is 0.0160. The number of rotatable bonds is 7. The highest BCUT2D eigenvalue weighted by Crippen LogP contribution is 2.28. The van der Waals surface area contributed by atoms with Gasteiger partial charge < -0.3 is 10.2 Å². The second-order valence-corrected chi connectivity index (χ2v) is 8.26. The van der Waals surface area contributed by atoms with E-state index in [4.69, 9.17) is 0 Å². The Morgan fingerprint density at radius 2 is 1.96 bits per heavy atom. The lowest BCUT2D eigenvalue weighted by Crippen LogP contribution is -2.28. The molecule has 1 saturated heterocycles. The largest absolute Gasteiger partial charge is 0.312 e. The summed E-state index contributed by atoms with van der Waals surface area (Å²) in [4.78, 5) is 26.7. The first-order valence-corrected chi connectivity index (χ1v) is 10.3. The normalized spacial score (nSPS) is 16.8. The summed E-state index contributed by atoms with van der Waals surface area (Å²) < 4.78 is 0. The van der Waals surface area contributed by atoms with E-state index in [9.17, 15) is 9.59 Å². The molecule has 1 N–H and O–H groups in total. The SMILES string of the molecule is CCCCCc1nnc(NC(=O)C2CC(=O)N(c3cc(C)cc(C)c3)C2)s1. The van der Waals surface area contributed by atoms with Gasteiger partial charge in [0.2, 0.25) is 16.9 Å². The molecule has 0 saturated carbocycles. The van der Waals surface area contributed by atoms with Crippen LogP contribution in [0.25, 0.3) is 0 Å². The summed E-state index contributed by atoms with van der Waals surface area (Å²) in [7, 11) is 0. The topological polar surface area (TPSA) is 75.2 Å². The summed E-state index contributed by atoms with van der Waals surface area (Å²) in [5.74, 6) is -0.546. The van der Waals surface area contributed by atoms with Crippen LogP contribution in [-0.2, 0) is 16.0 Å². The maximum Gasteiger partial charge on any atom is 0.231 e. The number of aryl methyl sites for hydroxylation is 3. The molecule has 1 aliphatic rings. The maximum absolute atomic E-state index is 12.6. The first kappa shape index (κ1) is 19.5. The predicted molar refractivity (Wildman–Crippen MR) is 108 cm³/mol. The molecule has 2 amide bonds. The highest BCUT2D eigenvalue weighted by Gasteiger charge is 2.35. The van der Waals surface area contributed by atoms with Gasteiger partial charge in [0.15, 0.2) is 0 Å². The summed E-state index contributed by atoms with van der Waals surface area (Å²) in [6, 6.07) is 6.04. The first-order valence-electron chi connectivity index (χ1n) is 9.48. The molecule has 0 radical (unpaired) electrons. The van der Waals surface area contributed by atoms with Crippen LogP contribution in [0.4, 0.5) is 10.8 Å². The van der Waals surface area contributed by atoms with Gasteiger partial charge in [-0.25, -0.2) is 0 Å². The predicted octanol–water partition coefficient (Wildman–Crippen LogP) is 3.88. The fraction of sp³-hybridized carbons (Fsp3) is 0.500. The lowest BCUT2D eigenvalue weighted by Gasteiger charge is -2.18. The molecule has 3 rings (SSSR count). The van der Waals surface area contributed by atoms with E-state index in [1.807, 2.05) is 26.0 Å². The molecular weight excluding hydrogens is 360 g/mol. The molecule has 1 fully saturated rings. The van der Waals surface area contributed by atoms with Crippen LogP contribution in [0.5, 0.6) is 0 Å². The van der Waals surface area contributed by atoms with Gasteiger partial charge in [-0.15, -0.1) is 10.2 Å². The van der Waals surface area contributed by atoms with E-state index in [-0.39, 0.29) is 24.2 Å². The van der Waals surface area contributed by atoms with Crippen molar-refractivity contribution in [3.63, 3.8) is 0 Å². The van der Waals surface area contributed by atoms with Crippen molar-refractivity contribution in [2.75, 3.05) is 16.8 Å². The number of nitrogens with zero attached hydrogens (tertiary/aromatic N) is 3. The number of unbranched alkanes of at least 4 members (excludes halogenated alkanes) is 2. The molecule has 2 aromatic rings. The Hall–Kier alpha value is -2.28. The van der Waals surface area contributed by atoms with Crippen LogP contribution < -0.4 is 10.2 Å². The zero-order chi connectivity index (χ0) is 19.4. The van der Waals surface area contributed by atoms with Crippen LogP contribution in [-0.4, -0.2) is 28.6 Å². The second kappa shape index (κ2) is 8.61. The summed E-state index contributed by atoms with van der Waals surface area (Å²) in [6.07, 6.45) is 4.53. The van der Waals surface area contributed by atoms with Gasteiger partial charge >= 0.3 is 0 Å². The van der Waals surface area contributed by atoms with Crippen LogP contribution in [0.2, 0.25) is 0 Å². The third kappa shape index (κ3) is 4.91. The molecule has 1 atom stereocenters. The molecule has 1 aromatic heterocycles. The highest BCUT2D eigenvalue weighted by molar-refractivity contribution is 7.15. The van der Waals surface area contributed by atoms with Crippen molar-refractivity contribution in [1.82, 2.24) is 10.2 Å². The van der Waals surface area contributed by atoms with Crippen LogP contribution in [0.15, 0.2) is 18.2 Å². The fourth-order valence-electron chi connectivity index (χ4n) is 3.38. The van der Waals surface area contributed by atoms with Crippen LogP contribution in [0.3, 0.4) is 0 Å². The third-order valence-corrected chi connectivity index (χ3v) is 5.60. The summed E-state index contributed by atoms with van der Waals surface area (Å²) in [5, 5.41) is 12.5. The Morgan fingerprint density at radius 1 is 1.22 bits per heavy atom. The Kier molecular flexibility index (Phi) is 6.21. The number of carbonyl (C=O) groups excluding carboxylic acids is 2. The Balaban J connectivity index is 1.60. The van der Waals surface area contributed by atoms with Gasteiger partial charge in [0, 0.05) is 25.1 Å². The van der Waals surface area contributed by atoms with Gasteiger partial charge in [-0.2, -0.15) is 0 Å². The summed E-state index contributed by atoms with van der Waals surface area (Å²) >= 11 is 1.42. The third-order valence-electron chi connectivity index (χ3n) is 4.71. The first-order chi connectivity index (χ1) is 13.0. The molecule has 7 heteroatoms. The number of amides is 2. The van der Waals surface area contributed by atoms with Crippen molar-refractivity contribution in [1.29, 1.82) is 0 Å². The zero-order valence-corrected chi connectivity index (χ0v) is 16.9. The number of nitrogens with one attached hydrogen (secondary N) is 1. The average molecular weight is 387 g/mol. The number of carbonyl (C=O) groups is 2. The summed E-state index contributed by atoms with van der Waals surface area (Å²) in [6.45, 7) is 6.58. The van der Waals surface area contributed by atoms with Gasteiger partial charge in [-0.1, -0.05) is 37.2 Å². The molecule has 2 heterocycles. The second-order valence-electron chi connectivity index (χ2n) is 7.20. The molecule has 1 unspecified atom stereocenters. The quantitative estimate of drug-likeness (QED) is 0.733. The van der Waals surface area contributed by atoms with E-state index in [0.29, 0.717) is 11.7 Å². The van der Waals surface area contributed by atoms with Crippen molar-refractivity contribution >= 4 is 34.0 Å². The lowest BCUT2D eigenvalue weighted by molar-refractivity contribution is -0.122. The Bertz CT molecular complexity index is 813. The minimum Gasteiger partial charge on any atom is -0.312 e. The van der Waals surface area contributed by atoms with Crippen molar-refractivity contribution in [2.45, 2.75) is 52.9 Å². The molecule has 6 nitrogen and oxygen atoms in total. The highest BCUT2D eigenvalue weighted by atomic mass is 32.1.